The van der Waals surface area contributed by atoms with Gasteiger partial charge in [0.25, 0.3) is 5.56 Å². The summed E-state index contributed by atoms with van der Waals surface area (Å²) in [4.78, 5) is 43.2. The Balaban J connectivity index is 1.64. The number of furan rings is 1. The van der Waals surface area contributed by atoms with Crippen molar-refractivity contribution in [2.45, 2.75) is 19.9 Å². The number of ether oxygens (including phenoxy) is 3. The highest BCUT2D eigenvalue weighted by atomic mass is 35.5. The lowest BCUT2D eigenvalue weighted by atomic mass is 9.95. The predicted molar refractivity (Wildman–Crippen MR) is 154 cm³/mol. The maximum Gasteiger partial charge on any atom is 0.338 e. The standard InChI is InChI=1S/C29H22Cl2N2O7S/c1-14-25(28(36)38-4)26(17-6-9-22(39-15(2)34)23(12-17)37-3)33-27(35)24(41-29(33)32-14)13-18-7-10-21(40-18)16-5-8-19(30)20(31)11-16/h5-13,26H,1-4H3/b24-13-. The van der Waals surface area contributed by atoms with Crippen LogP contribution in [0.4, 0.5) is 0 Å². The molecule has 0 saturated heterocycles. The molecule has 0 amide bonds. The molecule has 0 aliphatic carbocycles. The molecular formula is C29H22Cl2N2O7S. The van der Waals surface area contributed by atoms with E-state index in [0.717, 1.165) is 16.9 Å². The zero-order valence-corrected chi connectivity index (χ0v) is 24.5. The van der Waals surface area contributed by atoms with Gasteiger partial charge in [-0.2, -0.15) is 0 Å². The van der Waals surface area contributed by atoms with Crippen molar-refractivity contribution in [3.05, 3.63) is 101 Å². The molecule has 0 fully saturated rings. The van der Waals surface area contributed by atoms with Gasteiger partial charge in [-0.25, -0.2) is 9.79 Å². The minimum atomic E-state index is -0.885. The van der Waals surface area contributed by atoms with Crippen LogP contribution in [-0.2, 0) is 14.3 Å². The number of carbonyl (C=O) groups is 2. The monoisotopic (exact) mass is 612 g/mol. The molecule has 2 aromatic heterocycles. The molecule has 0 radical (unpaired) electrons. The number of halogens is 2. The van der Waals surface area contributed by atoms with Crippen LogP contribution in [0, 0.1) is 0 Å². The summed E-state index contributed by atoms with van der Waals surface area (Å²) in [6, 6.07) is 12.6. The molecule has 41 heavy (non-hydrogen) atoms. The quantitative estimate of drug-likeness (QED) is 0.225. The Morgan fingerprint density at radius 1 is 1.05 bits per heavy atom. The Hall–Kier alpha value is -4.12. The number of aromatic nitrogens is 1. The van der Waals surface area contributed by atoms with Crippen LogP contribution in [0.5, 0.6) is 11.5 Å². The van der Waals surface area contributed by atoms with Crippen molar-refractivity contribution in [2.24, 2.45) is 4.99 Å². The van der Waals surface area contributed by atoms with Crippen LogP contribution in [0.15, 0.2) is 74.0 Å². The first-order valence-corrected chi connectivity index (χ1v) is 13.7. The smallest absolute Gasteiger partial charge is 0.338 e. The molecular weight excluding hydrogens is 591 g/mol. The van der Waals surface area contributed by atoms with Crippen LogP contribution >= 0.6 is 34.5 Å². The van der Waals surface area contributed by atoms with Crippen molar-refractivity contribution in [3.63, 3.8) is 0 Å². The van der Waals surface area contributed by atoms with Crippen LogP contribution < -0.4 is 24.4 Å². The Morgan fingerprint density at radius 2 is 1.83 bits per heavy atom. The summed E-state index contributed by atoms with van der Waals surface area (Å²) in [5.41, 5.74) is 1.46. The molecule has 5 rings (SSSR count). The van der Waals surface area contributed by atoms with E-state index in [1.54, 1.807) is 61.5 Å². The molecule has 2 aromatic carbocycles. The molecule has 0 saturated carbocycles. The van der Waals surface area contributed by atoms with Gasteiger partial charge in [0, 0.05) is 18.6 Å². The Kier molecular flexibility index (Phi) is 7.90. The first-order chi connectivity index (χ1) is 19.6. The van der Waals surface area contributed by atoms with Gasteiger partial charge in [-0.3, -0.25) is 14.2 Å². The normalized spacial score (nSPS) is 14.9. The molecule has 210 valence electrons. The van der Waals surface area contributed by atoms with E-state index < -0.39 is 18.0 Å². The second-order valence-electron chi connectivity index (χ2n) is 8.91. The highest BCUT2D eigenvalue weighted by Crippen LogP contribution is 2.36. The maximum atomic E-state index is 13.8. The van der Waals surface area contributed by atoms with Gasteiger partial charge < -0.3 is 18.6 Å². The Bertz CT molecular complexity index is 1920. The SMILES string of the molecule is COC(=O)C1=C(C)N=c2s/c(=C\c3ccc(-c4ccc(Cl)c(Cl)c4)o3)c(=O)n2C1c1ccc(OC(C)=O)c(OC)c1. The van der Waals surface area contributed by atoms with Crippen molar-refractivity contribution in [2.75, 3.05) is 14.2 Å². The first kappa shape index (κ1) is 28.4. The van der Waals surface area contributed by atoms with E-state index in [-0.39, 0.29) is 22.6 Å². The highest BCUT2D eigenvalue weighted by Gasteiger charge is 2.33. The minimum Gasteiger partial charge on any atom is -0.493 e. The number of thiazole rings is 1. The molecule has 3 heterocycles. The van der Waals surface area contributed by atoms with Crippen molar-refractivity contribution in [1.82, 2.24) is 4.57 Å². The number of rotatable bonds is 6. The number of fused-ring (bicyclic) bond motifs is 1. The molecule has 1 unspecified atom stereocenters. The topological polar surface area (TPSA) is 109 Å². The van der Waals surface area contributed by atoms with E-state index in [2.05, 4.69) is 4.99 Å². The fourth-order valence-electron chi connectivity index (χ4n) is 4.47. The molecule has 0 spiro atoms. The van der Waals surface area contributed by atoms with Crippen molar-refractivity contribution in [3.8, 4) is 22.8 Å². The third-order valence-corrected chi connectivity index (χ3v) is 8.01. The fraction of sp³-hybridized carbons (Fsp3) is 0.172. The molecule has 0 N–H and O–H groups in total. The van der Waals surface area contributed by atoms with Gasteiger partial charge in [0.2, 0.25) is 0 Å². The lowest BCUT2D eigenvalue weighted by Crippen LogP contribution is -2.39. The van der Waals surface area contributed by atoms with Gasteiger partial charge >= 0.3 is 11.9 Å². The summed E-state index contributed by atoms with van der Waals surface area (Å²) in [5.74, 6) is 0.283. The second-order valence-corrected chi connectivity index (χ2v) is 10.7. The van der Waals surface area contributed by atoms with Gasteiger partial charge in [0.1, 0.15) is 11.5 Å². The first-order valence-electron chi connectivity index (χ1n) is 12.1. The van der Waals surface area contributed by atoms with E-state index in [1.165, 1.54) is 25.7 Å². The molecule has 9 nitrogen and oxygen atoms in total. The predicted octanol–water partition coefficient (Wildman–Crippen LogP) is 4.91. The van der Waals surface area contributed by atoms with Gasteiger partial charge in [-0.1, -0.05) is 40.6 Å². The molecule has 1 atom stereocenters. The van der Waals surface area contributed by atoms with Crippen LogP contribution in [0.1, 0.15) is 31.2 Å². The fourth-order valence-corrected chi connectivity index (χ4v) is 5.79. The van der Waals surface area contributed by atoms with Crippen LogP contribution in [0.3, 0.4) is 0 Å². The summed E-state index contributed by atoms with van der Waals surface area (Å²) >= 11 is 13.3. The highest BCUT2D eigenvalue weighted by molar-refractivity contribution is 7.07. The number of methoxy groups -OCH3 is 2. The van der Waals surface area contributed by atoms with Gasteiger partial charge in [0.05, 0.1) is 46.1 Å². The number of nitrogens with zero attached hydrogens (tertiary/aromatic N) is 2. The number of carbonyl (C=O) groups excluding carboxylic acids is 2. The minimum absolute atomic E-state index is 0.189. The summed E-state index contributed by atoms with van der Waals surface area (Å²) in [7, 11) is 2.69. The van der Waals surface area contributed by atoms with Crippen LogP contribution in [-0.4, -0.2) is 30.7 Å². The lowest BCUT2D eigenvalue weighted by Gasteiger charge is -2.25. The average Bonchev–Trinajstić information content (AvgIpc) is 3.53. The van der Waals surface area contributed by atoms with Crippen LogP contribution in [0.25, 0.3) is 17.4 Å². The zero-order chi connectivity index (χ0) is 29.4. The van der Waals surface area contributed by atoms with E-state index in [9.17, 15) is 14.4 Å². The van der Waals surface area contributed by atoms with Crippen molar-refractivity contribution in [1.29, 1.82) is 0 Å². The Morgan fingerprint density at radius 3 is 2.51 bits per heavy atom. The molecule has 0 bridgehead atoms. The molecule has 1 aliphatic rings. The van der Waals surface area contributed by atoms with Crippen molar-refractivity contribution < 1.29 is 28.2 Å². The summed E-state index contributed by atoms with van der Waals surface area (Å²) in [5, 5.41) is 0.822. The lowest BCUT2D eigenvalue weighted by molar-refractivity contribution is -0.136. The number of hydrogen-bond donors (Lipinski definition) is 0. The number of benzene rings is 2. The average molecular weight is 613 g/mol. The third kappa shape index (κ3) is 5.46. The van der Waals surface area contributed by atoms with Gasteiger partial charge in [-0.15, -0.1) is 0 Å². The maximum absolute atomic E-state index is 13.8. The van der Waals surface area contributed by atoms with Gasteiger partial charge in [0.15, 0.2) is 16.3 Å². The summed E-state index contributed by atoms with van der Waals surface area (Å²) in [6.45, 7) is 2.95. The number of hydrogen-bond acceptors (Lipinski definition) is 9. The van der Waals surface area contributed by atoms with E-state index in [0.29, 0.717) is 42.2 Å². The summed E-state index contributed by atoms with van der Waals surface area (Å²) in [6.07, 6.45) is 1.61. The van der Waals surface area contributed by atoms with E-state index in [1.807, 2.05) is 0 Å². The number of allylic oxidation sites excluding steroid dienone is 1. The molecule has 1 aliphatic heterocycles. The summed E-state index contributed by atoms with van der Waals surface area (Å²) < 4.78 is 23.4. The van der Waals surface area contributed by atoms with E-state index in [4.69, 9.17) is 41.8 Å². The second kappa shape index (κ2) is 11.4. The van der Waals surface area contributed by atoms with E-state index >= 15 is 0 Å². The Labute approximate surface area is 247 Å². The largest absolute Gasteiger partial charge is 0.493 e. The van der Waals surface area contributed by atoms with Crippen molar-refractivity contribution >= 4 is 52.6 Å². The third-order valence-electron chi connectivity index (χ3n) is 6.29. The zero-order valence-electron chi connectivity index (χ0n) is 22.2. The molecule has 4 aromatic rings. The van der Waals surface area contributed by atoms with Crippen LogP contribution in [0.2, 0.25) is 10.0 Å². The van der Waals surface area contributed by atoms with Gasteiger partial charge in [-0.05, 0) is 55.0 Å². The molecule has 12 heteroatoms. The number of esters is 2.